The third-order valence-corrected chi connectivity index (χ3v) is 4.64. The number of carbonyl (C=O) groups excluding carboxylic acids is 1. The molecule has 4 nitrogen and oxygen atoms in total. The van der Waals surface area contributed by atoms with Crippen LogP contribution in [0.15, 0.2) is 0 Å². The zero-order valence-corrected chi connectivity index (χ0v) is 11.8. The molecule has 104 valence electrons. The van der Waals surface area contributed by atoms with Gasteiger partial charge in [0.2, 0.25) is 5.91 Å². The molecule has 1 saturated carbocycles. The highest BCUT2D eigenvalue weighted by atomic mass is 16.2. The van der Waals surface area contributed by atoms with Crippen molar-refractivity contribution in [3.8, 4) is 0 Å². The topological polar surface area (TPSA) is 49.6 Å². The molecule has 2 aliphatic rings. The molecular weight excluding hydrogens is 226 g/mol. The number of likely N-dealkylation sites (N-methyl/N-ethyl adjacent to an activating group) is 2. The normalized spacial score (nSPS) is 28.9. The average Bonchev–Trinajstić information content (AvgIpc) is 2.38. The molecule has 1 atom stereocenters. The van der Waals surface area contributed by atoms with Gasteiger partial charge in [0.15, 0.2) is 0 Å². The van der Waals surface area contributed by atoms with Crippen LogP contribution in [0.25, 0.3) is 0 Å². The average molecular weight is 253 g/mol. The van der Waals surface area contributed by atoms with Crippen LogP contribution < -0.4 is 5.73 Å². The van der Waals surface area contributed by atoms with Crippen molar-refractivity contribution in [2.45, 2.75) is 56.5 Å². The van der Waals surface area contributed by atoms with Crippen molar-refractivity contribution >= 4 is 5.91 Å². The Morgan fingerprint density at radius 2 is 1.94 bits per heavy atom. The molecule has 0 bridgehead atoms. The molecular formula is C14H27N3O. The Balaban J connectivity index is 1.98. The first kappa shape index (κ1) is 13.8. The molecule has 0 aromatic heterocycles. The van der Waals surface area contributed by atoms with E-state index in [1.807, 2.05) is 11.9 Å². The van der Waals surface area contributed by atoms with Crippen molar-refractivity contribution in [2.24, 2.45) is 5.73 Å². The van der Waals surface area contributed by atoms with Gasteiger partial charge in [-0.05, 0) is 39.3 Å². The van der Waals surface area contributed by atoms with Crippen molar-refractivity contribution in [3.63, 3.8) is 0 Å². The zero-order valence-electron chi connectivity index (χ0n) is 11.8. The first-order valence-corrected chi connectivity index (χ1v) is 7.28. The van der Waals surface area contributed by atoms with Gasteiger partial charge in [-0.2, -0.15) is 0 Å². The molecule has 0 spiro atoms. The molecule has 1 saturated heterocycles. The van der Waals surface area contributed by atoms with Gasteiger partial charge in [0, 0.05) is 19.6 Å². The molecule has 0 radical (unpaired) electrons. The van der Waals surface area contributed by atoms with Crippen molar-refractivity contribution in [1.82, 2.24) is 9.80 Å². The minimum atomic E-state index is -0.580. The second-order valence-corrected chi connectivity index (χ2v) is 6.19. The summed E-state index contributed by atoms with van der Waals surface area (Å²) in [5, 5.41) is 0. The van der Waals surface area contributed by atoms with E-state index < -0.39 is 5.54 Å². The maximum absolute atomic E-state index is 12.6. The fourth-order valence-electron chi connectivity index (χ4n) is 3.37. The Bertz CT molecular complexity index is 299. The molecule has 1 aliphatic heterocycles. The molecule has 1 heterocycles. The van der Waals surface area contributed by atoms with Gasteiger partial charge < -0.3 is 15.5 Å². The monoisotopic (exact) mass is 253 g/mol. The van der Waals surface area contributed by atoms with Crippen LogP contribution in [0.1, 0.15) is 44.9 Å². The highest BCUT2D eigenvalue weighted by Crippen LogP contribution is 2.28. The van der Waals surface area contributed by atoms with E-state index in [0.29, 0.717) is 6.04 Å². The van der Waals surface area contributed by atoms with Crippen LogP contribution in [0, 0.1) is 0 Å². The van der Waals surface area contributed by atoms with Crippen molar-refractivity contribution < 1.29 is 4.79 Å². The van der Waals surface area contributed by atoms with Gasteiger partial charge in [0.05, 0.1) is 5.54 Å². The number of rotatable bonds is 2. The Kier molecular flexibility index (Phi) is 4.28. The highest BCUT2D eigenvalue weighted by Gasteiger charge is 2.39. The van der Waals surface area contributed by atoms with E-state index in [1.165, 1.54) is 12.8 Å². The summed E-state index contributed by atoms with van der Waals surface area (Å²) in [6.07, 6.45) is 7.43. The fourth-order valence-corrected chi connectivity index (χ4v) is 3.37. The molecule has 2 N–H and O–H groups in total. The molecule has 2 fully saturated rings. The van der Waals surface area contributed by atoms with E-state index in [9.17, 15) is 4.79 Å². The maximum atomic E-state index is 12.6. The van der Waals surface area contributed by atoms with Crippen molar-refractivity contribution in [2.75, 3.05) is 27.2 Å². The lowest BCUT2D eigenvalue weighted by atomic mass is 9.81. The second kappa shape index (κ2) is 5.57. The second-order valence-electron chi connectivity index (χ2n) is 6.19. The molecule has 2 rings (SSSR count). The Labute approximate surface area is 110 Å². The third kappa shape index (κ3) is 2.86. The lowest BCUT2D eigenvalue weighted by Crippen LogP contribution is -2.59. The summed E-state index contributed by atoms with van der Waals surface area (Å²) in [6, 6.07) is 0.346. The van der Waals surface area contributed by atoms with E-state index in [0.717, 1.165) is 45.2 Å². The summed E-state index contributed by atoms with van der Waals surface area (Å²) in [5.41, 5.74) is 5.76. The van der Waals surface area contributed by atoms with E-state index >= 15 is 0 Å². The van der Waals surface area contributed by atoms with Crippen LogP contribution in [0.5, 0.6) is 0 Å². The number of amides is 1. The lowest BCUT2D eigenvalue weighted by Gasteiger charge is -2.41. The van der Waals surface area contributed by atoms with Crippen LogP contribution in [-0.2, 0) is 4.79 Å². The van der Waals surface area contributed by atoms with E-state index in [-0.39, 0.29) is 5.91 Å². The SMILES string of the molecule is CN1CCCC(N(C)C(=O)C2(N)CCCCC2)C1. The number of likely N-dealkylation sites (tertiary alicyclic amines) is 1. The minimum absolute atomic E-state index is 0.169. The van der Waals surface area contributed by atoms with Gasteiger partial charge in [-0.25, -0.2) is 0 Å². The zero-order chi connectivity index (χ0) is 13.2. The molecule has 4 heteroatoms. The summed E-state index contributed by atoms with van der Waals surface area (Å²) in [6.45, 7) is 2.13. The summed E-state index contributed by atoms with van der Waals surface area (Å²) < 4.78 is 0. The Morgan fingerprint density at radius 3 is 2.56 bits per heavy atom. The molecule has 1 unspecified atom stereocenters. The first-order chi connectivity index (χ1) is 8.53. The predicted octanol–water partition coefficient (Wildman–Crippen LogP) is 1.20. The molecule has 18 heavy (non-hydrogen) atoms. The number of carbonyl (C=O) groups is 1. The largest absolute Gasteiger partial charge is 0.340 e. The summed E-state index contributed by atoms with van der Waals surface area (Å²) in [4.78, 5) is 16.8. The number of hydrogen-bond donors (Lipinski definition) is 1. The quantitative estimate of drug-likeness (QED) is 0.804. The highest BCUT2D eigenvalue weighted by molar-refractivity contribution is 5.86. The summed E-state index contributed by atoms with van der Waals surface area (Å²) >= 11 is 0. The van der Waals surface area contributed by atoms with Crippen LogP contribution in [0.4, 0.5) is 0 Å². The molecule has 0 aromatic carbocycles. The van der Waals surface area contributed by atoms with Gasteiger partial charge in [-0.1, -0.05) is 19.3 Å². The fraction of sp³-hybridized carbons (Fsp3) is 0.929. The maximum Gasteiger partial charge on any atom is 0.242 e. The smallest absolute Gasteiger partial charge is 0.242 e. The van der Waals surface area contributed by atoms with Crippen LogP contribution in [0.3, 0.4) is 0 Å². The molecule has 1 amide bonds. The van der Waals surface area contributed by atoms with Gasteiger partial charge in [-0.3, -0.25) is 4.79 Å². The Morgan fingerprint density at radius 1 is 1.28 bits per heavy atom. The van der Waals surface area contributed by atoms with Gasteiger partial charge in [-0.15, -0.1) is 0 Å². The number of hydrogen-bond acceptors (Lipinski definition) is 3. The summed E-state index contributed by atoms with van der Waals surface area (Å²) in [7, 11) is 4.07. The first-order valence-electron chi connectivity index (χ1n) is 7.28. The van der Waals surface area contributed by atoms with Crippen LogP contribution in [-0.4, -0.2) is 54.5 Å². The molecule has 1 aliphatic carbocycles. The summed E-state index contributed by atoms with van der Waals surface area (Å²) in [5.74, 6) is 0.169. The standard InChI is InChI=1S/C14H27N3O/c1-16-10-6-7-12(11-16)17(2)13(18)14(15)8-4-3-5-9-14/h12H,3-11,15H2,1-2H3. The number of nitrogens with zero attached hydrogens (tertiary/aromatic N) is 2. The third-order valence-electron chi connectivity index (χ3n) is 4.64. The van der Waals surface area contributed by atoms with Gasteiger partial charge in [0.1, 0.15) is 0 Å². The number of piperidine rings is 1. The van der Waals surface area contributed by atoms with Crippen molar-refractivity contribution in [1.29, 1.82) is 0 Å². The molecule has 0 aromatic rings. The van der Waals surface area contributed by atoms with Gasteiger partial charge >= 0.3 is 0 Å². The minimum Gasteiger partial charge on any atom is -0.340 e. The van der Waals surface area contributed by atoms with Crippen molar-refractivity contribution in [3.05, 3.63) is 0 Å². The predicted molar refractivity (Wildman–Crippen MR) is 73.3 cm³/mol. The van der Waals surface area contributed by atoms with Crippen LogP contribution in [0.2, 0.25) is 0 Å². The Hall–Kier alpha value is -0.610. The van der Waals surface area contributed by atoms with Crippen LogP contribution >= 0.6 is 0 Å². The van der Waals surface area contributed by atoms with E-state index in [2.05, 4.69) is 11.9 Å². The van der Waals surface area contributed by atoms with E-state index in [1.54, 1.807) is 0 Å². The number of nitrogens with two attached hydrogens (primary N) is 1. The van der Waals surface area contributed by atoms with Gasteiger partial charge in [0.25, 0.3) is 0 Å². The lowest BCUT2D eigenvalue weighted by molar-refractivity contribution is -0.140. The van der Waals surface area contributed by atoms with E-state index in [4.69, 9.17) is 5.73 Å².